The molecule has 0 saturated heterocycles. The number of nitrogens with two attached hydrogens (primary N) is 1. The van der Waals surface area contributed by atoms with Crippen molar-refractivity contribution in [3.8, 4) is 17.5 Å². The molecule has 0 radical (unpaired) electrons. The number of carbonyl (C=O) groups is 1. The molecule has 2 aromatic carbocycles. The molecule has 7 heteroatoms. The lowest BCUT2D eigenvalue weighted by atomic mass is 10.1. The molecule has 0 aliphatic heterocycles. The Hall–Kier alpha value is -3.92. The molecular formula is C19H14N4O3. The van der Waals surface area contributed by atoms with E-state index in [1.807, 2.05) is 0 Å². The van der Waals surface area contributed by atoms with Crippen LogP contribution in [0.25, 0.3) is 5.69 Å². The Kier molecular flexibility index (Phi) is 4.76. The predicted octanol–water partition coefficient (Wildman–Crippen LogP) is 2.15. The van der Waals surface area contributed by atoms with Gasteiger partial charge in [-0.05, 0) is 35.9 Å². The van der Waals surface area contributed by atoms with Crippen molar-refractivity contribution in [1.82, 2.24) is 9.78 Å². The fourth-order valence-corrected chi connectivity index (χ4v) is 2.46. The highest BCUT2D eigenvalue weighted by Crippen LogP contribution is 2.15. The molecule has 0 spiro atoms. The summed E-state index contributed by atoms with van der Waals surface area (Å²) in [4.78, 5) is 23.0. The summed E-state index contributed by atoms with van der Waals surface area (Å²) >= 11 is 0. The molecule has 0 aliphatic carbocycles. The van der Waals surface area contributed by atoms with Gasteiger partial charge in [0.2, 0.25) is 5.43 Å². The molecule has 7 nitrogen and oxygen atoms in total. The molecule has 3 rings (SSSR count). The van der Waals surface area contributed by atoms with Crippen molar-refractivity contribution in [2.24, 2.45) is 5.73 Å². The monoisotopic (exact) mass is 346 g/mol. The zero-order valence-electron chi connectivity index (χ0n) is 13.6. The second-order valence-corrected chi connectivity index (χ2v) is 5.48. The summed E-state index contributed by atoms with van der Waals surface area (Å²) in [6.07, 6.45) is 0.905. The first-order valence-electron chi connectivity index (χ1n) is 7.71. The summed E-state index contributed by atoms with van der Waals surface area (Å²) in [5.74, 6) is 0.299. The maximum Gasteiger partial charge on any atom is 0.409 e. The van der Waals surface area contributed by atoms with Crippen LogP contribution < -0.4 is 15.9 Å². The van der Waals surface area contributed by atoms with Gasteiger partial charge in [-0.15, -0.1) is 0 Å². The second kappa shape index (κ2) is 7.32. The maximum absolute atomic E-state index is 12.2. The van der Waals surface area contributed by atoms with Gasteiger partial charge >= 0.3 is 6.09 Å². The normalized spacial score (nSPS) is 10.1. The number of primary amides is 1. The van der Waals surface area contributed by atoms with Gasteiger partial charge in [0.1, 0.15) is 11.4 Å². The van der Waals surface area contributed by atoms with Gasteiger partial charge < -0.3 is 10.5 Å². The zero-order chi connectivity index (χ0) is 18.5. The minimum atomic E-state index is -0.903. The summed E-state index contributed by atoms with van der Waals surface area (Å²) in [7, 11) is 0. The topological polar surface area (TPSA) is 111 Å². The highest BCUT2D eigenvalue weighted by atomic mass is 16.5. The molecule has 2 N–H and O–H groups in total. The van der Waals surface area contributed by atoms with Gasteiger partial charge in [0.25, 0.3) is 0 Å². The van der Waals surface area contributed by atoms with Gasteiger partial charge in [0, 0.05) is 18.7 Å². The van der Waals surface area contributed by atoms with Crippen LogP contribution in [0.2, 0.25) is 0 Å². The van der Waals surface area contributed by atoms with Gasteiger partial charge in [0.15, 0.2) is 0 Å². The number of aromatic nitrogens is 2. The Balaban J connectivity index is 1.92. The lowest BCUT2D eigenvalue weighted by molar-refractivity contribution is 0.211. The number of carbonyl (C=O) groups excluding carboxylic acids is 1. The van der Waals surface area contributed by atoms with Crippen molar-refractivity contribution in [1.29, 1.82) is 5.26 Å². The molecular weight excluding hydrogens is 332 g/mol. The molecule has 1 heterocycles. The molecule has 0 aliphatic rings. The van der Waals surface area contributed by atoms with Gasteiger partial charge in [-0.25, -0.2) is 9.48 Å². The molecule has 26 heavy (non-hydrogen) atoms. The maximum atomic E-state index is 12.2. The summed E-state index contributed by atoms with van der Waals surface area (Å²) < 4.78 is 6.39. The smallest absolute Gasteiger partial charge is 0.409 e. The van der Waals surface area contributed by atoms with E-state index in [4.69, 9.17) is 15.7 Å². The average Bonchev–Trinajstić information content (AvgIpc) is 2.63. The van der Waals surface area contributed by atoms with E-state index in [0.29, 0.717) is 22.7 Å². The van der Waals surface area contributed by atoms with E-state index in [1.165, 1.54) is 6.07 Å². The van der Waals surface area contributed by atoms with Crippen molar-refractivity contribution in [2.45, 2.75) is 6.42 Å². The van der Waals surface area contributed by atoms with Crippen LogP contribution in [-0.4, -0.2) is 15.9 Å². The van der Waals surface area contributed by atoms with Gasteiger partial charge in [-0.3, -0.25) is 4.79 Å². The van der Waals surface area contributed by atoms with Gasteiger partial charge in [0.05, 0.1) is 17.3 Å². The molecule has 0 bridgehead atoms. The second-order valence-electron chi connectivity index (χ2n) is 5.48. The van der Waals surface area contributed by atoms with Crippen LogP contribution in [-0.2, 0) is 6.42 Å². The number of rotatable bonds is 4. The number of ether oxygens (including phenoxy) is 1. The average molecular weight is 346 g/mol. The van der Waals surface area contributed by atoms with Crippen LogP contribution in [0, 0.1) is 11.3 Å². The van der Waals surface area contributed by atoms with Crippen molar-refractivity contribution in [3.05, 3.63) is 87.8 Å². The van der Waals surface area contributed by atoms with Crippen molar-refractivity contribution in [3.63, 3.8) is 0 Å². The van der Waals surface area contributed by atoms with Gasteiger partial charge in [-0.2, -0.15) is 10.4 Å². The Morgan fingerprint density at radius 2 is 2.00 bits per heavy atom. The van der Waals surface area contributed by atoms with E-state index < -0.39 is 6.09 Å². The van der Waals surface area contributed by atoms with Gasteiger partial charge in [-0.1, -0.05) is 18.2 Å². The van der Waals surface area contributed by atoms with Crippen LogP contribution in [0.3, 0.4) is 0 Å². The standard InChI is InChI=1S/C19H14N4O3/c20-12-14-4-1-5-15(9-14)23-8-7-18(24)17(22-23)11-13-3-2-6-16(10-13)26-19(21)25/h1-10H,11H2,(H2,21,25). The first-order valence-corrected chi connectivity index (χ1v) is 7.71. The summed E-state index contributed by atoms with van der Waals surface area (Å²) in [6.45, 7) is 0. The van der Waals surface area contributed by atoms with Crippen molar-refractivity contribution >= 4 is 6.09 Å². The molecule has 0 atom stereocenters. The van der Waals surface area contributed by atoms with Crippen LogP contribution in [0.1, 0.15) is 16.8 Å². The van der Waals surface area contributed by atoms with E-state index in [0.717, 1.165) is 5.56 Å². The Bertz CT molecular complexity index is 1070. The van der Waals surface area contributed by atoms with Crippen LogP contribution in [0.4, 0.5) is 4.79 Å². The Morgan fingerprint density at radius 3 is 2.77 bits per heavy atom. The Labute approximate surface area is 148 Å². The van der Waals surface area contributed by atoms with E-state index >= 15 is 0 Å². The fraction of sp³-hybridized carbons (Fsp3) is 0.0526. The van der Waals surface area contributed by atoms with Crippen LogP contribution in [0.5, 0.6) is 5.75 Å². The molecule has 1 aromatic heterocycles. The van der Waals surface area contributed by atoms with Crippen LogP contribution >= 0.6 is 0 Å². The third kappa shape index (κ3) is 3.94. The number of hydrogen-bond acceptors (Lipinski definition) is 5. The third-order valence-corrected chi connectivity index (χ3v) is 3.61. The molecule has 1 amide bonds. The van der Waals surface area contributed by atoms with Crippen LogP contribution in [0.15, 0.2) is 65.6 Å². The minimum absolute atomic E-state index is 0.209. The summed E-state index contributed by atoms with van der Waals surface area (Å²) in [6, 6.07) is 17.1. The number of benzene rings is 2. The minimum Gasteiger partial charge on any atom is -0.410 e. The van der Waals surface area contributed by atoms with E-state index in [9.17, 15) is 9.59 Å². The highest BCUT2D eigenvalue weighted by Gasteiger charge is 2.08. The highest BCUT2D eigenvalue weighted by molar-refractivity contribution is 5.68. The first-order chi connectivity index (χ1) is 12.5. The SMILES string of the molecule is N#Cc1cccc(-n2ccc(=O)c(Cc3cccc(OC(N)=O)c3)n2)c1. The van der Waals surface area contributed by atoms with E-state index in [-0.39, 0.29) is 11.8 Å². The number of amides is 1. The lowest BCUT2D eigenvalue weighted by Crippen LogP contribution is -2.17. The molecule has 0 unspecified atom stereocenters. The number of hydrogen-bond donors (Lipinski definition) is 1. The zero-order valence-corrected chi connectivity index (χ0v) is 13.6. The molecule has 128 valence electrons. The quantitative estimate of drug-likeness (QED) is 0.778. The lowest BCUT2D eigenvalue weighted by Gasteiger charge is -2.08. The molecule has 3 aromatic rings. The predicted molar refractivity (Wildman–Crippen MR) is 94.0 cm³/mol. The van der Waals surface area contributed by atoms with Crippen molar-refractivity contribution in [2.75, 3.05) is 0 Å². The Morgan fingerprint density at radius 1 is 1.19 bits per heavy atom. The summed E-state index contributed by atoms with van der Waals surface area (Å²) in [5, 5.41) is 13.4. The van der Waals surface area contributed by atoms with Crippen molar-refractivity contribution < 1.29 is 9.53 Å². The summed E-state index contributed by atoms with van der Waals surface area (Å²) in [5.41, 5.74) is 7.05. The van der Waals surface area contributed by atoms with E-state index in [1.54, 1.807) is 59.4 Å². The number of nitriles is 1. The molecule has 0 fully saturated rings. The third-order valence-electron chi connectivity index (χ3n) is 3.61. The fourth-order valence-electron chi connectivity index (χ4n) is 2.46. The molecule has 0 saturated carbocycles. The first kappa shape index (κ1) is 16.9. The van der Waals surface area contributed by atoms with E-state index in [2.05, 4.69) is 11.2 Å². The largest absolute Gasteiger partial charge is 0.410 e. The number of nitrogens with zero attached hydrogens (tertiary/aromatic N) is 3.